The van der Waals surface area contributed by atoms with Crippen LogP contribution in [0.15, 0.2) is 60.9 Å². The van der Waals surface area contributed by atoms with E-state index in [0.717, 1.165) is 11.3 Å². The molecule has 0 amide bonds. The quantitative estimate of drug-likeness (QED) is 0.511. The minimum Gasteiger partial charge on any atom is -0.492 e. The van der Waals surface area contributed by atoms with E-state index in [2.05, 4.69) is 10.00 Å². The summed E-state index contributed by atoms with van der Waals surface area (Å²) in [6.07, 6.45) is 3.35. The predicted molar refractivity (Wildman–Crippen MR) is 122 cm³/mol. The highest BCUT2D eigenvalue weighted by Gasteiger charge is 2.33. The van der Waals surface area contributed by atoms with Gasteiger partial charge in [-0.05, 0) is 29.8 Å². The maximum atomic E-state index is 13.4. The lowest BCUT2D eigenvalue weighted by Crippen LogP contribution is -2.48. The molecule has 4 rings (SSSR count). The largest absolute Gasteiger partial charge is 0.492 e. The molecule has 2 aromatic carbocycles. The minimum absolute atomic E-state index is 0.0151. The lowest BCUT2D eigenvalue weighted by Gasteiger charge is -2.30. The Labute approximate surface area is 197 Å². The summed E-state index contributed by atoms with van der Waals surface area (Å²) in [4.78, 5) is 2.12. The third-order valence-corrected chi connectivity index (χ3v) is 5.46. The van der Waals surface area contributed by atoms with Gasteiger partial charge in [-0.15, -0.1) is 0 Å². The fraction of sp³-hybridized carbons (Fsp3) is 0.375. The van der Waals surface area contributed by atoms with Gasteiger partial charge in [0.05, 0.1) is 31.0 Å². The molecule has 1 aliphatic heterocycles. The molecule has 0 saturated carbocycles. The highest BCUT2D eigenvalue weighted by Crippen LogP contribution is 2.20. The molecule has 2 heterocycles. The van der Waals surface area contributed by atoms with Gasteiger partial charge in [0.25, 0.3) is 0 Å². The SMILES string of the molecule is O[C@@]1(COc2cccc(F)c2)COCCN(Cc2ccc(OCCn3cc(Cl)cn3)cc2)C1. The van der Waals surface area contributed by atoms with Crippen LogP contribution in [0.2, 0.25) is 5.02 Å². The lowest BCUT2D eigenvalue weighted by molar-refractivity contribution is -0.0647. The third-order valence-electron chi connectivity index (χ3n) is 5.26. The highest BCUT2D eigenvalue weighted by molar-refractivity contribution is 6.30. The van der Waals surface area contributed by atoms with Gasteiger partial charge in [0.15, 0.2) is 0 Å². The number of nitrogens with zero attached hydrogens (tertiary/aromatic N) is 3. The summed E-state index contributed by atoms with van der Waals surface area (Å²) in [5, 5.41) is 15.8. The molecular formula is C24H27ClFN3O4. The molecule has 1 aliphatic rings. The first-order valence-electron chi connectivity index (χ1n) is 10.8. The summed E-state index contributed by atoms with van der Waals surface area (Å²) < 4.78 is 32.1. The van der Waals surface area contributed by atoms with Crippen LogP contribution in [0.25, 0.3) is 0 Å². The minimum atomic E-state index is -1.19. The number of hydrogen-bond donors (Lipinski definition) is 1. The van der Waals surface area contributed by atoms with Crippen LogP contribution in [0, 0.1) is 5.82 Å². The summed E-state index contributed by atoms with van der Waals surface area (Å²) in [6, 6.07) is 13.8. The van der Waals surface area contributed by atoms with Crippen LogP contribution in [0.5, 0.6) is 11.5 Å². The fourth-order valence-corrected chi connectivity index (χ4v) is 3.82. The van der Waals surface area contributed by atoms with Crippen LogP contribution in [-0.4, -0.2) is 64.9 Å². The Morgan fingerprint density at radius 1 is 1.15 bits per heavy atom. The molecule has 1 atom stereocenters. The Morgan fingerprint density at radius 2 is 2.00 bits per heavy atom. The van der Waals surface area contributed by atoms with Crippen molar-refractivity contribution < 1.29 is 23.7 Å². The zero-order chi connectivity index (χ0) is 23.1. The van der Waals surface area contributed by atoms with Crippen LogP contribution in [0.4, 0.5) is 4.39 Å². The molecule has 9 heteroatoms. The highest BCUT2D eigenvalue weighted by atomic mass is 35.5. The summed E-state index contributed by atoms with van der Waals surface area (Å²) in [5.74, 6) is 0.776. The molecule has 0 spiro atoms. The van der Waals surface area contributed by atoms with Crippen molar-refractivity contribution >= 4 is 11.6 Å². The molecule has 1 fully saturated rings. The number of benzene rings is 2. The molecule has 0 bridgehead atoms. The van der Waals surface area contributed by atoms with Crippen molar-refractivity contribution in [3.63, 3.8) is 0 Å². The van der Waals surface area contributed by atoms with E-state index in [-0.39, 0.29) is 19.0 Å². The standard InChI is InChI=1S/C24H27ClFN3O4/c25-20-13-27-29(15-20)9-11-32-22-6-4-19(5-7-22)14-28-8-10-31-17-24(30,16-28)18-33-23-3-1-2-21(26)12-23/h1-7,12-13,15,30H,8-11,14,16-18H2/t24-/m1/s1. The lowest BCUT2D eigenvalue weighted by atomic mass is 10.1. The van der Waals surface area contributed by atoms with E-state index in [4.69, 9.17) is 25.8 Å². The second kappa shape index (κ2) is 11.0. The zero-order valence-electron chi connectivity index (χ0n) is 18.2. The van der Waals surface area contributed by atoms with Crippen molar-refractivity contribution in [1.29, 1.82) is 0 Å². The van der Waals surface area contributed by atoms with E-state index < -0.39 is 5.60 Å². The normalized spacial score (nSPS) is 19.2. The Kier molecular flexibility index (Phi) is 7.82. The van der Waals surface area contributed by atoms with Crippen LogP contribution < -0.4 is 9.47 Å². The van der Waals surface area contributed by atoms with Crippen molar-refractivity contribution in [2.24, 2.45) is 0 Å². The van der Waals surface area contributed by atoms with Gasteiger partial charge in [0.2, 0.25) is 0 Å². The molecular weight excluding hydrogens is 449 g/mol. The second-order valence-corrected chi connectivity index (χ2v) is 8.58. The van der Waals surface area contributed by atoms with Crippen LogP contribution in [-0.2, 0) is 17.8 Å². The molecule has 7 nitrogen and oxygen atoms in total. The van der Waals surface area contributed by atoms with Gasteiger partial charge in [-0.2, -0.15) is 5.10 Å². The van der Waals surface area contributed by atoms with Crippen molar-refractivity contribution in [3.05, 3.63) is 77.3 Å². The molecule has 1 saturated heterocycles. The van der Waals surface area contributed by atoms with Gasteiger partial charge in [0, 0.05) is 31.9 Å². The Bertz CT molecular complexity index is 1030. The van der Waals surface area contributed by atoms with Gasteiger partial charge in [-0.25, -0.2) is 4.39 Å². The van der Waals surface area contributed by atoms with Gasteiger partial charge in [0.1, 0.15) is 36.1 Å². The van der Waals surface area contributed by atoms with E-state index in [1.807, 2.05) is 24.3 Å². The molecule has 0 unspecified atom stereocenters. The smallest absolute Gasteiger partial charge is 0.134 e. The second-order valence-electron chi connectivity index (χ2n) is 8.15. The van der Waals surface area contributed by atoms with E-state index in [1.54, 1.807) is 29.2 Å². The van der Waals surface area contributed by atoms with Gasteiger partial charge in [-0.1, -0.05) is 29.8 Å². The molecule has 33 heavy (non-hydrogen) atoms. The van der Waals surface area contributed by atoms with Crippen molar-refractivity contribution in [1.82, 2.24) is 14.7 Å². The maximum Gasteiger partial charge on any atom is 0.134 e. The van der Waals surface area contributed by atoms with Crippen LogP contribution >= 0.6 is 11.6 Å². The van der Waals surface area contributed by atoms with E-state index >= 15 is 0 Å². The number of aromatic nitrogens is 2. The number of aliphatic hydroxyl groups is 1. The monoisotopic (exact) mass is 475 g/mol. The van der Waals surface area contributed by atoms with Crippen molar-refractivity contribution in [2.45, 2.75) is 18.7 Å². The van der Waals surface area contributed by atoms with Crippen LogP contribution in [0.1, 0.15) is 5.56 Å². The molecule has 1 N–H and O–H groups in total. The first kappa shape index (κ1) is 23.5. The van der Waals surface area contributed by atoms with E-state index in [9.17, 15) is 9.50 Å². The number of halogens is 2. The molecule has 0 radical (unpaired) electrons. The third kappa shape index (κ3) is 7.17. The van der Waals surface area contributed by atoms with Crippen LogP contribution in [0.3, 0.4) is 0 Å². The maximum absolute atomic E-state index is 13.4. The number of β-amino-alcohol motifs (C(OH)–C–C–N with tert-alkyl or cyclic N) is 1. The average molecular weight is 476 g/mol. The van der Waals surface area contributed by atoms with E-state index in [0.29, 0.717) is 50.2 Å². The number of hydrogen-bond acceptors (Lipinski definition) is 6. The molecule has 1 aromatic heterocycles. The Balaban J connectivity index is 1.28. The average Bonchev–Trinajstić information content (AvgIpc) is 3.12. The van der Waals surface area contributed by atoms with E-state index in [1.165, 1.54) is 12.1 Å². The summed E-state index contributed by atoms with van der Waals surface area (Å²) in [6.45, 7) is 3.50. The topological polar surface area (TPSA) is 69.0 Å². The Morgan fingerprint density at radius 3 is 2.76 bits per heavy atom. The van der Waals surface area contributed by atoms with Crippen molar-refractivity contribution in [2.75, 3.05) is 39.5 Å². The summed E-state index contributed by atoms with van der Waals surface area (Å²) in [5.41, 5.74) is -0.0992. The summed E-state index contributed by atoms with van der Waals surface area (Å²) >= 11 is 5.86. The Hall–Kier alpha value is -2.65. The number of rotatable bonds is 9. The fourth-order valence-electron chi connectivity index (χ4n) is 3.66. The molecule has 0 aliphatic carbocycles. The van der Waals surface area contributed by atoms with Gasteiger partial charge >= 0.3 is 0 Å². The first-order valence-corrected chi connectivity index (χ1v) is 11.2. The zero-order valence-corrected chi connectivity index (χ0v) is 19.0. The van der Waals surface area contributed by atoms with Gasteiger partial charge < -0.3 is 19.3 Å². The number of ether oxygens (including phenoxy) is 3. The molecule has 3 aromatic rings. The van der Waals surface area contributed by atoms with Crippen molar-refractivity contribution in [3.8, 4) is 11.5 Å². The summed E-state index contributed by atoms with van der Waals surface area (Å²) in [7, 11) is 0. The predicted octanol–water partition coefficient (Wildman–Crippen LogP) is 3.40. The first-order chi connectivity index (χ1) is 16.0. The molecule has 176 valence electrons. The van der Waals surface area contributed by atoms with Gasteiger partial charge in [-0.3, -0.25) is 9.58 Å².